The number of carbonyl (C=O) groups is 1. The molecule has 0 aliphatic carbocycles. The standard InChI is InChI=1S/C16H12ClF3N2O5/c1-9(23)21(26-2)14-8-11(4-5-13(14)22(24)25)27-15-6-3-10(7-12(15)17)16(18,19)20/h3-8H,1-2H3. The molecule has 2 aromatic rings. The Labute approximate surface area is 156 Å². The lowest BCUT2D eigenvalue weighted by molar-refractivity contribution is -0.384. The van der Waals surface area contributed by atoms with E-state index in [1.807, 2.05) is 0 Å². The fourth-order valence-electron chi connectivity index (χ4n) is 2.17. The van der Waals surface area contributed by atoms with E-state index >= 15 is 0 Å². The van der Waals surface area contributed by atoms with Gasteiger partial charge in [0.25, 0.3) is 5.69 Å². The van der Waals surface area contributed by atoms with Gasteiger partial charge in [-0.1, -0.05) is 11.6 Å². The molecule has 0 aliphatic rings. The molecule has 2 rings (SSSR count). The van der Waals surface area contributed by atoms with Crippen molar-refractivity contribution in [3.63, 3.8) is 0 Å². The molecule has 11 heteroatoms. The van der Waals surface area contributed by atoms with E-state index in [0.717, 1.165) is 38.3 Å². The fourth-order valence-corrected chi connectivity index (χ4v) is 2.39. The van der Waals surface area contributed by atoms with Gasteiger partial charge in [0.15, 0.2) is 5.69 Å². The number of hydroxylamine groups is 1. The molecule has 0 fully saturated rings. The molecule has 0 spiro atoms. The van der Waals surface area contributed by atoms with Crippen LogP contribution < -0.4 is 9.80 Å². The second kappa shape index (κ2) is 7.80. The van der Waals surface area contributed by atoms with Crippen molar-refractivity contribution in [3.8, 4) is 11.5 Å². The molecule has 0 heterocycles. The van der Waals surface area contributed by atoms with Crippen molar-refractivity contribution in [1.82, 2.24) is 0 Å². The van der Waals surface area contributed by atoms with Gasteiger partial charge in [-0.05, 0) is 24.3 Å². The number of alkyl halides is 3. The predicted octanol–water partition coefficient (Wildman–Crippen LogP) is 4.97. The molecule has 144 valence electrons. The van der Waals surface area contributed by atoms with Crippen molar-refractivity contribution in [3.05, 3.63) is 57.1 Å². The van der Waals surface area contributed by atoms with Crippen LogP contribution >= 0.6 is 11.6 Å². The molecule has 27 heavy (non-hydrogen) atoms. The number of rotatable bonds is 5. The number of nitrogens with zero attached hydrogens (tertiary/aromatic N) is 2. The third-order valence-electron chi connectivity index (χ3n) is 3.32. The number of hydrogen-bond donors (Lipinski definition) is 0. The summed E-state index contributed by atoms with van der Waals surface area (Å²) in [6.45, 7) is 1.13. The van der Waals surface area contributed by atoms with Crippen molar-refractivity contribution in [2.75, 3.05) is 12.2 Å². The number of carbonyl (C=O) groups excluding carboxylic acids is 1. The van der Waals surface area contributed by atoms with Gasteiger partial charge in [-0.3, -0.25) is 19.7 Å². The number of nitro groups is 1. The first-order chi connectivity index (χ1) is 12.5. The van der Waals surface area contributed by atoms with Crippen LogP contribution in [0.15, 0.2) is 36.4 Å². The highest BCUT2D eigenvalue weighted by Gasteiger charge is 2.31. The third-order valence-corrected chi connectivity index (χ3v) is 3.61. The largest absolute Gasteiger partial charge is 0.456 e. The summed E-state index contributed by atoms with van der Waals surface area (Å²) >= 11 is 5.82. The molecular formula is C16H12ClF3N2O5. The van der Waals surface area contributed by atoms with Crippen LogP contribution in [0.25, 0.3) is 0 Å². The number of halogens is 4. The van der Waals surface area contributed by atoms with E-state index in [9.17, 15) is 28.1 Å². The van der Waals surface area contributed by atoms with E-state index < -0.39 is 28.3 Å². The van der Waals surface area contributed by atoms with Gasteiger partial charge >= 0.3 is 6.18 Å². The number of hydrogen-bond acceptors (Lipinski definition) is 5. The normalized spacial score (nSPS) is 11.2. The van der Waals surface area contributed by atoms with Crippen LogP contribution in [-0.2, 0) is 15.8 Å². The smallest absolute Gasteiger partial charge is 0.416 e. The van der Waals surface area contributed by atoms with Gasteiger partial charge in [-0.15, -0.1) is 0 Å². The maximum absolute atomic E-state index is 12.7. The molecule has 0 N–H and O–H groups in total. The Kier molecular flexibility index (Phi) is 5.91. The minimum atomic E-state index is -4.57. The van der Waals surface area contributed by atoms with Crippen LogP contribution in [0.2, 0.25) is 5.02 Å². The van der Waals surface area contributed by atoms with Crippen molar-refractivity contribution in [1.29, 1.82) is 0 Å². The summed E-state index contributed by atoms with van der Waals surface area (Å²) < 4.78 is 43.5. The minimum Gasteiger partial charge on any atom is -0.456 e. The number of nitro benzene ring substituents is 1. The fraction of sp³-hybridized carbons (Fsp3) is 0.188. The molecular weight excluding hydrogens is 393 g/mol. The minimum absolute atomic E-state index is 0.000517. The van der Waals surface area contributed by atoms with Crippen LogP contribution in [0.3, 0.4) is 0 Å². The Morgan fingerprint density at radius 3 is 2.37 bits per heavy atom. The van der Waals surface area contributed by atoms with E-state index in [0.29, 0.717) is 11.1 Å². The van der Waals surface area contributed by atoms with Crippen LogP contribution in [0, 0.1) is 10.1 Å². The van der Waals surface area contributed by atoms with Crippen LogP contribution in [0.5, 0.6) is 11.5 Å². The van der Waals surface area contributed by atoms with Gasteiger partial charge in [0, 0.05) is 19.1 Å². The summed E-state index contributed by atoms with van der Waals surface area (Å²) in [5.74, 6) is -0.734. The molecule has 0 saturated heterocycles. The maximum atomic E-state index is 12.7. The van der Waals surface area contributed by atoms with Gasteiger partial charge in [0.05, 0.1) is 22.6 Å². The maximum Gasteiger partial charge on any atom is 0.416 e. The quantitative estimate of drug-likeness (QED) is 0.519. The average Bonchev–Trinajstić information content (AvgIpc) is 2.56. The zero-order valence-corrected chi connectivity index (χ0v) is 14.7. The highest BCUT2D eigenvalue weighted by Crippen LogP contribution is 2.38. The molecule has 1 amide bonds. The third kappa shape index (κ3) is 4.66. The average molecular weight is 405 g/mol. The Bertz CT molecular complexity index is 889. The first kappa shape index (κ1) is 20.5. The van der Waals surface area contributed by atoms with Crippen molar-refractivity contribution >= 4 is 28.9 Å². The molecule has 0 radical (unpaired) electrons. The second-order valence-electron chi connectivity index (χ2n) is 5.15. The Morgan fingerprint density at radius 1 is 1.22 bits per heavy atom. The SMILES string of the molecule is CON(C(C)=O)c1cc(Oc2ccc(C(F)(F)F)cc2Cl)ccc1[N+](=O)[O-]. The van der Waals surface area contributed by atoms with Gasteiger partial charge in [0.2, 0.25) is 5.91 Å². The van der Waals surface area contributed by atoms with Crippen molar-refractivity contribution in [2.45, 2.75) is 13.1 Å². The van der Waals surface area contributed by atoms with Gasteiger partial charge < -0.3 is 4.74 Å². The lowest BCUT2D eigenvalue weighted by Gasteiger charge is -2.18. The summed E-state index contributed by atoms with van der Waals surface area (Å²) in [4.78, 5) is 26.9. The summed E-state index contributed by atoms with van der Waals surface area (Å²) in [6, 6.07) is 5.91. The highest BCUT2D eigenvalue weighted by molar-refractivity contribution is 6.32. The Morgan fingerprint density at radius 2 is 1.89 bits per heavy atom. The van der Waals surface area contributed by atoms with E-state index in [4.69, 9.17) is 21.2 Å². The molecule has 0 unspecified atom stereocenters. The lowest BCUT2D eigenvalue weighted by atomic mass is 10.2. The molecule has 0 saturated carbocycles. The zero-order chi connectivity index (χ0) is 20.4. The first-order valence-electron chi connectivity index (χ1n) is 7.22. The number of anilines is 1. The van der Waals surface area contributed by atoms with Crippen LogP contribution in [0.1, 0.15) is 12.5 Å². The second-order valence-corrected chi connectivity index (χ2v) is 5.56. The van der Waals surface area contributed by atoms with Gasteiger partial charge in [-0.2, -0.15) is 18.2 Å². The van der Waals surface area contributed by atoms with E-state index in [1.165, 1.54) is 6.07 Å². The summed E-state index contributed by atoms with van der Waals surface area (Å²) in [5.41, 5.74) is -1.60. The molecule has 0 bridgehead atoms. The summed E-state index contributed by atoms with van der Waals surface area (Å²) in [5, 5.41) is 11.5. The number of ether oxygens (including phenoxy) is 1. The Balaban J connectivity index is 2.43. The van der Waals surface area contributed by atoms with Crippen LogP contribution in [0.4, 0.5) is 24.5 Å². The van der Waals surface area contributed by atoms with Crippen molar-refractivity contribution in [2.24, 2.45) is 0 Å². The van der Waals surface area contributed by atoms with E-state index in [-0.39, 0.29) is 22.2 Å². The monoisotopic (exact) mass is 404 g/mol. The molecule has 7 nitrogen and oxygen atoms in total. The van der Waals surface area contributed by atoms with Gasteiger partial charge in [0.1, 0.15) is 11.5 Å². The van der Waals surface area contributed by atoms with E-state index in [1.54, 1.807) is 0 Å². The topological polar surface area (TPSA) is 81.9 Å². The summed E-state index contributed by atoms with van der Waals surface area (Å²) in [6.07, 6.45) is -4.57. The van der Waals surface area contributed by atoms with Crippen molar-refractivity contribution < 1.29 is 32.5 Å². The predicted molar refractivity (Wildman–Crippen MR) is 89.8 cm³/mol. The highest BCUT2D eigenvalue weighted by atomic mass is 35.5. The number of benzene rings is 2. The van der Waals surface area contributed by atoms with Gasteiger partial charge in [-0.25, -0.2) is 0 Å². The zero-order valence-electron chi connectivity index (χ0n) is 13.9. The van der Waals surface area contributed by atoms with E-state index in [2.05, 4.69) is 0 Å². The summed E-state index contributed by atoms with van der Waals surface area (Å²) in [7, 11) is 1.14. The lowest BCUT2D eigenvalue weighted by Crippen LogP contribution is -2.27. The Hall–Kier alpha value is -2.85. The van der Waals surface area contributed by atoms with Crippen LogP contribution in [-0.4, -0.2) is 17.9 Å². The molecule has 0 atom stereocenters. The number of amides is 1. The molecule has 0 aromatic heterocycles. The molecule has 2 aromatic carbocycles. The molecule has 0 aliphatic heterocycles. The first-order valence-corrected chi connectivity index (χ1v) is 7.60.